The number of H-pyrrole nitrogens is 1. The molecule has 2 nitrogen and oxygen atoms in total. The van der Waals surface area contributed by atoms with Gasteiger partial charge in [-0.1, -0.05) is 11.6 Å². The van der Waals surface area contributed by atoms with Crippen LogP contribution in [0.25, 0.3) is 10.9 Å². The van der Waals surface area contributed by atoms with Crippen molar-refractivity contribution in [3.05, 3.63) is 29.2 Å². The van der Waals surface area contributed by atoms with Gasteiger partial charge >= 0.3 is 0 Å². The van der Waals surface area contributed by atoms with E-state index in [1.807, 2.05) is 25.3 Å². The molecule has 0 amide bonds. The van der Waals surface area contributed by atoms with Gasteiger partial charge in [0.1, 0.15) is 5.15 Å². The van der Waals surface area contributed by atoms with Gasteiger partial charge in [0.15, 0.2) is 0 Å². The molecule has 1 N–H and O–H groups in total. The lowest BCUT2D eigenvalue weighted by Crippen LogP contribution is -1.81. The van der Waals surface area contributed by atoms with Crippen LogP contribution < -0.4 is 0 Å². The smallest absolute Gasteiger partial charge is 0.138 e. The molecule has 0 saturated carbocycles. The molecule has 0 bridgehead atoms. The molecule has 0 unspecified atom stereocenters. The first-order valence-corrected chi connectivity index (χ1v) is 3.75. The molecule has 0 radical (unpaired) electrons. The Morgan fingerprint density at radius 2 is 2.36 bits per heavy atom. The molecule has 0 saturated heterocycles. The van der Waals surface area contributed by atoms with E-state index in [4.69, 9.17) is 11.6 Å². The summed E-state index contributed by atoms with van der Waals surface area (Å²) in [6, 6.07) is 3.89. The summed E-state index contributed by atoms with van der Waals surface area (Å²) in [7, 11) is 0. The van der Waals surface area contributed by atoms with Crippen LogP contribution in [0, 0.1) is 6.92 Å². The first-order valence-electron chi connectivity index (χ1n) is 3.37. The minimum Gasteiger partial charge on any atom is -0.361 e. The zero-order valence-corrected chi connectivity index (χ0v) is 6.81. The number of hydrogen-bond acceptors (Lipinski definition) is 1. The van der Waals surface area contributed by atoms with Gasteiger partial charge in [-0.15, -0.1) is 0 Å². The normalized spacial score (nSPS) is 10.7. The second-order valence-corrected chi connectivity index (χ2v) is 2.85. The summed E-state index contributed by atoms with van der Waals surface area (Å²) in [4.78, 5) is 7.20. The summed E-state index contributed by atoms with van der Waals surface area (Å²) in [6.07, 6.45) is 1.86. The summed E-state index contributed by atoms with van der Waals surface area (Å²) in [6.45, 7) is 1.92. The molecule has 0 aromatic carbocycles. The molecule has 2 aromatic rings. The third-order valence-corrected chi connectivity index (χ3v) is 1.92. The lowest BCUT2D eigenvalue weighted by molar-refractivity contribution is 1.22. The van der Waals surface area contributed by atoms with Crippen molar-refractivity contribution >= 4 is 22.5 Å². The monoisotopic (exact) mass is 166 g/mol. The topological polar surface area (TPSA) is 28.7 Å². The average Bonchev–Trinajstić information content (AvgIpc) is 2.34. The van der Waals surface area contributed by atoms with Crippen molar-refractivity contribution in [3.8, 4) is 0 Å². The summed E-state index contributed by atoms with van der Waals surface area (Å²) in [5, 5.41) is 1.55. The Bertz CT molecular complexity index is 392. The molecule has 0 aliphatic carbocycles. The van der Waals surface area contributed by atoms with Crippen LogP contribution in [0.2, 0.25) is 5.15 Å². The molecule has 11 heavy (non-hydrogen) atoms. The van der Waals surface area contributed by atoms with Crippen LogP contribution >= 0.6 is 11.6 Å². The number of aromatic nitrogens is 2. The Labute approximate surface area is 69.2 Å². The number of nitrogens with zero attached hydrogens (tertiary/aromatic N) is 1. The van der Waals surface area contributed by atoms with Gasteiger partial charge < -0.3 is 4.98 Å². The van der Waals surface area contributed by atoms with Crippen LogP contribution in [-0.2, 0) is 0 Å². The second-order valence-electron chi connectivity index (χ2n) is 2.49. The highest BCUT2D eigenvalue weighted by Gasteiger charge is 2.00. The second kappa shape index (κ2) is 2.24. The van der Waals surface area contributed by atoms with E-state index in [1.54, 1.807) is 0 Å². The van der Waals surface area contributed by atoms with E-state index in [9.17, 15) is 0 Å². The van der Waals surface area contributed by atoms with E-state index < -0.39 is 0 Å². The highest BCUT2D eigenvalue weighted by molar-refractivity contribution is 6.34. The Morgan fingerprint density at radius 1 is 1.55 bits per heavy atom. The van der Waals surface area contributed by atoms with Crippen molar-refractivity contribution in [2.75, 3.05) is 0 Å². The fraction of sp³-hybridized carbons (Fsp3) is 0.125. The Morgan fingerprint density at radius 3 is 3.18 bits per heavy atom. The van der Waals surface area contributed by atoms with Crippen molar-refractivity contribution in [1.29, 1.82) is 0 Å². The van der Waals surface area contributed by atoms with Crippen LogP contribution in [0.3, 0.4) is 0 Å². The van der Waals surface area contributed by atoms with E-state index in [1.165, 1.54) is 0 Å². The molecule has 2 aromatic heterocycles. The van der Waals surface area contributed by atoms with Crippen LogP contribution in [-0.4, -0.2) is 9.97 Å². The van der Waals surface area contributed by atoms with E-state index in [0.29, 0.717) is 5.15 Å². The molecule has 0 spiro atoms. The van der Waals surface area contributed by atoms with Crippen LogP contribution in [0.5, 0.6) is 0 Å². The quantitative estimate of drug-likeness (QED) is 0.599. The molecular weight excluding hydrogens is 160 g/mol. The average molecular weight is 167 g/mol. The standard InChI is InChI=1S/C8H7ClN2/c1-5-4-7-6(2-3-10-7)8(9)11-5/h2-4,10H,1H3. The Hall–Kier alpha value is -1.02. The maximum absolute atomic E-state index is 5.87. The fourth-order valence-electron chi connectivity index (χ4n) is 1.14. The summed E-state index contributed by atoms with van der Waals surface area (Å²) >= 11 is 5.87. The maximum atomic E-state index is 5.87. The van der Waals surface area contributed by atoms with Crippen molar-refractivity contribution in [2.45, 2.75) is 6.92 Å². The van der Waals surface area contributed by atoms with Gasteiger partial charge in [0.25, 0.3) is 0 Å². The number of fused-ring (bicyclic) bond motifs is 1. The molecule has 56 valence electrons. The molecule has 0 aliphatic rings. The minimum absolute atomic E-state index is 0.571. The lowest BCUT2D eigenvalue weighted by Gasteiger charge is -1.94. The van der Waals surface area contributed by atoms with Gasteiger partial charge in [-0.3, -0.25) is 0 Å². The van der Waals surface area contributed by atoms with E-state index in [-0.39, 0.29) is 0 Å². The zero-order chi connectivity index (χ0) is 7.84. The molecule has 0 atom stereocenters. The van der Waals surface area contributed by atoms with Crippen molar-refractivity contribution < 1.29 is 0 Å². The van der Waals surface area contributed by atoms with Crippen LogP contribution in [0.1, 0.15) is 5.69 Å². The molecule has 0 aliphatic heterocycles. The van der Waals surface area contributed by atoms with Gasteiger partial charge in [-0.05, 0) is 19.1 Å². The predicted octanol–water partition coefficient (Wildman–Crippen LogP) is 2.52. The van der Waals surface area contributed by atoms with Gasteiger partial charge in [-0.25, -0.2) is 4.98 Å². The van der Waals surface area contributed by atoms with Crippen LogP contribution in [0.15, 0.2) is 18.3 Å². The summed E-state index contributed by atoms with van der Waals surface area (Å²) in [5.74, 6) is 0. The number of aryl methyl sites for hydroxylation is 1. The van der Waals surface area contributed by atoms with Crippen molar-refractivity contribution in [3.63, 3.8) is 0 Å². The predicted molar refractivity (Wildman–Crippen MR) is 45.8 cm³/mol. The van der Waals surface area contributed by atoms with E-state index in [2.05, 4.69) is 9.97 Å². The van der Waals surface area contributed by atoms with Crippen molar-refractivity contribution in [1.82, 2.24) is 9.97 Å². The maximum Gasteiger partial charge on any atom is 0.138 e. The number of halogens is 1. The zero-order valence-electron chi connectivity index (χ0n) is 6.06. The third kappa shape index (κ3) is 0.994. The highest BCUT2D eigenvalue weighted by atomic mass is 35.5. The molecule has 3 heteroatoms. The van der Waals surface area contributed by atoms with Gasteiger partial charge in [0, 0.05) is 17.3 Å². The first-order chi connectivity index (χ1) is 5.27. The molecule has 0 fully saturated rings. The van der Waals surface area contributed by atoms with Crippen LogP contribution in [0.4, 0.5) is 0 Å². The van der Waals surface area contributed by atoms with Gasteiger partial charge in [0.05, 0.1) is 5.52 Å². The Kier molecular flexibility index (Phi) is 1.36. The number of pyridine rings is 1. The SMILES string of the molecule is Cc1cc2[nH]ccc2c(Cl)n1. The molecule has 2 heterocycles. The number of nitrogens with one attached hydrogen (secondary N) is 1. The Balaban J connectivity index is 2.91. The third-order valence-electron chi connectivity index (χ3n) is 1.63. The fourth-order valence-corrected chi connectivity index (χ4v) is 1.44. The minimum atomic E-state index is 0.571. The van der Waals surface area contributed by atoms with Gasteiger partial charge in [-0.2, -0.15) is 0 Å². The summed E-state index contributed by atoms with van der Waals surface area (Å²) in [5.41, 5.74) is 1.98. The van der Waals surface area contributed by atoms with Crippen molar-refractivity contribution in [2.24, 2.45) is 0 Å². The largest absolute Gasteiger partial charge is 0.361 e. The molecular formula is C8H7ClN2. The van der Waals surface area contributed by atoms with E-state index in [0.717, 1.165) is 16.6 Å². The first kappa shape index (κ1) is 6.68. The highest BCUT2D eigenvalue weighted by Crippen LogP contribution is 2.20. The summed E-state index contributed by atoms with van der Waals surface area (Å²) < 4.78 is 0. The van der Waals surface area contributed by atoms with E-state index >= 15 is 0 Å². The lowest BCUT2D eigenvalue weighted by atomic mass is 10.3. The number of rotatable bonds is 0. The number of hydrogen-bond donors (Lipinski definition) is 1. The number of aromatic amines is 1. The van der Waals surface area contributed by atoms with Gasteiger partial charge in [0.2, 0.25) is 0 Å². The molecule has 2 rings (SSSR count).